The highest BCUT2D eigenvalue weighted by Gasteiger charge is 2.00. The molecule has 100 valence electrons. The van der Waals surface area contributed by atoms with Crippen LogP contribution in [-0.4, -0.2) is 15.9 Å². The van der Waals surface area contributed by atoms with E-state index in [-0.39, 0.29) is 11.6 Å². The molecule has 0 aliphatic carbocycles. The monoisotopic (exact) mass is 270 g/mol. The summed E-state index contributed by atoms with van der Waals surface area (Å²) in [6.45, 7) is 1.39. The molecular formula is C14H11FN4O. The zero-order chi connectivity index (χ0) is 14.5. The molecule has 0 radical (unpaired) electrons. The summed E-state index contributed by atoms with van der Waals surface area (Å²) < 4.78 is 13.0. The van der Waals surface area contributed by atoms with E-state index in [0.29, 0.717) is 17.1 Å². The number of amides is 1. The lowest BCUT2D eigenvalue weighted by atomic mass is 10.2. The number of rotatable bonds is 1. The van der Waals surface area contributed by atoms with Gasteiger partial charge in [0.05, 0.1) is 5.69 Å². The average molecular weight is 270 g/mol. The predicted molar refractivity (Wildman–Crippen MR) is 73.1 cm³/mol. The van der Waals surface area contributed by atoms with Crippen molar-refractivity contribution < 1.29 is 9.18 Å². The zero-order valence-electron chi connectivity index (χ0n) is 10.6. The molecule has 0 aromatic carbocycles. The third-order valence-corrected chi connectivity index (χ3v) is 2.28. The molecule has 0 aliphatic rings. The van der Waals surface area contributed by atoms with Gasteiger partial charge < -0.3 is 11.1 Å². The van der Waals surface area contributed by atoms with Gasteiger partial charge in [-0.25, -0.2) is 9.97 Å². The number of halogens is 1. The van der Waals surface area contributed by atoms with Crippen molar-refractivity contribution in [2.75, 3.05) is 11.1 Å². The van der Waals surface area contributed by atoms with E-state index in [4.69, 9.17) is 5.73 Å². The number of nitrogen functional groups attached to an aromatic ring is 1. The molecule has 2 aromatic rings. The third kappa shape index (κ3) is 3.53. The van der Waals surface area contributed by atoms with Crippen molar-refractivity contribution in [2.24, 2.45) is 0 Å². The largest absolute Gasteiger partial charge is 0.396 e. The summed E-state index contributed by atoms with van der Waals surface area (Å²) in [6.07, 6.45) is 1.51. The second kappa shape index (κ2) is 5.80. The molecule has 0 fully saturated rings. The number of nitrogens with zero attached hydrogens (tertiary/aromatic N) is 2. The lowest BCUT2D eigenvalue weighted by Gasteiger charge is -2.00. The minimum Gasteiger partial charge on any atom is -0.396 e. The van der Waals surface area contributed by atoms with Crippen molar-refractivity contribution in [2.45, 2.75) is 6.92 Å². The minimum absolute atomic E-state index is 0.169. The maximum atomic E-state index is 13.0. The molecule has 1 amide bonds. The summed E-state index contributed by atoms with van der Waals surface area (Å²) >= 11 is 0. The fourth-order valence-corrected chi connectivity index (χ4v) is 1.43. The highest BCUT2D eigenvalue weighted by atomic mass is 19.1. The van der Waals surface area contributed by atoms with Crippen LogP contribution in [-0.2, 0) is 4.79 Å². The summed E-state index contributed by atoms with van der Waals surface area (Å²) in [7, 11) is 0. The van der Waals surface area contributed by atoms with Gasteiger partial charge in [-0.05, 0) is 30.2 Å². The van der Waals surface area contributed by atoms with Crippen LogP contribution in [0.2, 0.25) is 0 Å². The van der Waals surface area contributed by atoms with Crippen LogP contribution in [0.3, 0.4) is 0 Å². The van der Waals surface area contributed by atoms with Crippen LogP contribution in [0.4, 0.5) is 15.9 Å². The molecule has 0 aliphatic heterocycles. The summed E-state index contributed by atoms with van der Waals surface area (Å²) in [4.78, 5) is 18.5. The van der Waals surface area contributed by atoms with Gasteiger partial charge in [-0.3, -0.25) is 4.79 Å². The van der Waals surface area contributed by atoms with Crippen LogP contribution in [0.15, 0.2) is 30.5 Å². The molecule has 3 N–H and O–H groups in total. The van der Waals surface area contributed by atoms with Crippen molar-refractivity contribution in [3.05, 3.63) is 47.7 Å². The maximum absolute atomic E-state index is 13.0. The first-order chi connectivity index (χ1) is 9.54. The number of pyridine rings is 2. The van der Waals surface area contributed by atoms with Crippen molar-refractivity contribution in [1.29, 1.82) is 0 Å². The highest BCUT2D eigenvalue weighted by molar-refractivity contribution is 5.87. The van der Waals surface area contributed by atoms with Gasteiger partial charge in [0.25, 0.3) is 0 Å². The number of carbonyl (C=O) groups is 1. The van der Waals surface area contributed by atoms with Gasteiger partial charge in [-0.2, -0.15) is 4.39 Å². The number of hydrogen-bond acceptors (Lipinski definition) is 4. The molecule has 0 bridgehead atoms. The molecule has 0 spiro atoms. The topological polar surface area (TPSA) is 80.9 Å². The van der Waals surface area contributed by atoms with E-state index in [2.05, 4.69) is 27.1 Å². The summed E-state index contributed by atoms with van der Waals surface area (Å²) in [5, 5.41) is 2.55. The van der Waals surface area contributed by atoms with Gasteiger partial charge in [-0.1, -0.05) is 5.92 Å². The van der Waals surface area contributed by atoms with E-state index in [9.17, 15) is 9.18 Å². The van der Waals surface area contributed by atoms with Crippen LogP contribution in [0.1, 0.15) is 18.2 Å². The lowest BCUT2D eigenvalue weighted by molar-refractivity contribution is -0.114. The minimum atomic E-state index is -0.642. The van der Waals surface area contributed by atoms with Gasteiger partial charge in [0, 0.05) is 18.7 Å². The molecule has 2 rings (SSSR count). The standard InChI is InChI=1S/C14H11FN4O/c1-9(20)18-14-8-10(6-7-17-14)2-4-12-11(16)3-5-13(15)19-12/h3,5-8H,16H2,1H3,(H,17,18,20). The Morgan fingerprint density at radius 1 is 1.35 bits per heavy atom. The first kappa shape index (κ1) is 13.5. The molecular weight excluding hydrogens is 259 g/mol. The Hall–Kier alpha value is -2.94. The first-order valence-corrected chi connectivity index (χ1v) is 5.72. The van der Waals surface area contributed by atoms with Crippen LogP contribution in [0.25, 0.3) is 0 Å². The van der Waals surface area contributed by atoms with Crippen LogP contribution in [0, 0.1) is 17.8 Å². The van der Waals surface area contributed by atoms with Crippen LogP contribution >= 0.6 is 0 Å². The Bertz CT molecular complexity index is 719. The fraction of sp³-hybridized carbons (Fsp3) is 0.0714. The Kier molecular flexibility index (Phi) is 3.91. The molecule has 2 heterocycles. The molecule has 20 heavy (non-hydrogen) atoms. The van der Waals surface area contributed by atoms with E-state index in [1.54, 1.807) is 12.1 Å². The lowest BCUT2D eigenvalue weighted by Crippen LogP contribution is -2.07. The number of nitrogens with two attached hydrogens (primary N) is 1. The van der Waals surface area contributed by atoms with E-state index in [0.717, 1.165) is 0 Å². The van der Waals surface area contributed by atoms with E-state index >= 15 is 0 Å². The highest BCUT2D eigenvalue weighted by Crippen LogP contribution is 2.09. The van der Waals surface area contributed by atoms with Crippen molar-refractivity contribution >= 4 is 17.4 Å². The molecule has 6 heteroatoms. The SMILES string of the molecule is CC(=O)Nc1cc(C#Cc2nc(F)ccc2N)ccn1. The van der Waals surface area contributed by atoms with Gasteiger partial charge in [0.2, 0.25) is 11.9 Å². The van der Waals surface area contributed by atoms with Crippen molar-refractivity contribution in [3.8, 4) is 11.8 Å². The number of carbonyl (C=O) groups excluding carboxylic acids is 1. The van der Waals surface area contributed by atoms with E-state index < -0.39 is 5.95 Å². The maximum Gasteiger partial charge on any atom is 0.222 e. The smallest absolute Gasteiger partial charge is 0.222 e. The molecule has 0 saturated carbocycles. The average Bonchev–Trinajstić information content (AvgIpc) is 2.39. The van der Waals surface area contributed by atoms with Gasteiger partial charge >= 0.3 is 0 Å². The van der Waals surface area contributed by atoms with E-state index in [1.807, 2.05) is 0 Å². The number of hydrogen-bond donors (Lipinski definition) is 2. The fourth-order valence-electron chi connectivity index (χ4n) is 1.43. The van der Waals surface area contributed by atoms with Gasteiger partial charge in [-0.15, -0.1) is 0 Å². The van der Waals surface area contributed by atoms with Gasteiger partial charge in [0.15, 0.2) is 0 Å². The second-order valence-electron chi connectivity index (χ2n) is 3.93. The number of anilines is 2. The zero-order valence-corrected chi connectivity index (χ0v) is 10.6. The van der Waals surface area contributed by atoms with Crippen molar-refractivity contribution in [3.63, 3.8) is 0 Å². The Morgan fingerprint density at radius 2 is 2.15 bits per heavy atom. The Balaban J connectivity index is 2.28. The normalized spacial score (nSPS) is 9.50. The quantitative estimate of drug-likeness (QED) is 0.608. The summed E-state index contributed by atoms with van der Waals surface area (Å²) in [6, 6.07) is 5.83. The molecule has 0 saturated heterocycles. The number of nitrogens with one attached hydrogen (secondary N) is 1. The Labute approximate surface area is 115 Å². The molecule has 2 aromatic heterocycles. The third-order valence-electron chi connectivity index (χ3n) is 2.28. The first-order valence-electron chi connectivity index (χ1n) is 5.72. The molecule has 0 unspecified atom stereocenters. The molecule has 5 nitrogen and oxygen atoms in total. The van der Waals surface area contributed by atoms with Crippen LogP contribution < -0.4 is 11.1 Å². The van der Waals surface area contributed by atoms with Gasteiger partial charge in [0.1, 0.15) is 11.5 Å². The summed E-state index contributed by atoms with van der Waals surface area (Å²) in [5.74, 6) is 5.00. The predicted octanol–water partition coefficient (Wildman–Crippen LogP) is 1.56. The summed E-state index contributed by atoms with van der Waals surface area (Å²) in [5.41, 5.74) is 6.72. The molecule has 0 atom stereocenters. The van der Waals surface area contributed by atoms with E-state index in [1.165, 1.54) is 25.3 Å². The number of aromatic nitrogens is 2. The van der Waals surface area contributed by atoms with Crippen LogP contribution in [0.5, 0.6) is 0 Å². The second-order valence-corrected chi connectivity index (χ2v) is 3.93. The Morgan fingerprint density at radius 3 is 2.90 bits per heavy atom. The van der Waals surface area contributed by atoms with Crippen molar-refractivity contribution in [1.82, 2.24) is 9.97 Å².